The van der Waals surface area contributed by atoms with Gasteiger partial charge in [-0.1, -0.05) is 13.8 Å². The SMILES string of the molecule is CSCCC(NC(=O)C(CCCCN)NC(=O)C(CC(N)=O)NC(=O)C(N)C(C)C)C(=O)O. The molecule has 0 aromatic carbocycles. The Balaban J connectivity index is 5.50. The summed E-state index contributed by atoms with van der Waals surface area (Å²) < 4.78 is 0. The number of amides is 4. The number of primary amides is 1. The van der Waals surface area contributed by atoms with Gasteiger partial charge in [0.2, 0.25) is 23.6 Å². The van der Waals surface area contributed by atoms with Crippen LogP contribution in [0.3, 0.4) is 0 Å². The van der Waals surface area contributed by atoms with Crippen LogP contribution in [-0.4, -0.2) is 77.4 Å². The molecule has 190 valence electrons. The monoisotopic (exact) mass is 490 g/mol. The van der Waals surface area contributed by atoms with Crippen LogP contribution in [0.15, 0.2) is 0 Å². The first-order chi connectivity index (χ1) is 15.4. The number of thioether (sulfide) groups is 1. The van der Waals surface area contributed by atoms with Crippen LogP contribution < -0.4 is 33.2 Å². The van der Waals surface area contributed by atoms with Crippen molar-refractivity contribution in [3.8, 4) is 0 Å². The number of carbonyl (C=O) groups excluding carboxylic acids is 4. The maximum atomic E-state index is 12.8. The summed E-state index contributed by atoms with van der Waals surface area (Å²) in [6.07, 6.45) is 2.78. The van der Waals surface area contributed by atoms with E-state index in [9.17, 15) is 29.1 Å². The Labute approximate surface area is 198 Å². The highest BCUT2D eigenvalue weighted by Crippen LogP contribution is 2.07. The summed E-state index contributed by atoms with van der Waals surface area (Å²) >= 11 is 1.44. The van der Waals surface area contributed by atoms with Gasteiger partial charge in [-0.2, -0.15) is 11.8 Å². The van der Waals surface area contributed by atoms with Crippen LogP contribution in [0.2, 0.25) is 0 Å². The molecule has 0 bridgehead atoms. The molecule has 4 atom stereocenters. The molecule has 0 rings (SSSR count). The van der Waals surface area contributed by atoms with Gasteiger partial charge in [0.15, 0.2) is 0 Å². The summed E-state index contributed by atoms with van der Waals surface area (Å²) in [6.45, 7) is 3.82. The minimum absolute atomic E-state index is 0.187. The number of aliphatic carboxylic acids is 1. The molecule has 0 aromatic rings. The molecule has 10 N–H and O–H groups in total. The molecule has 0 saturated carbocycles. The Morgan fingerprint density at radius 2 is 1.42 bits per heavy atom. The number of nitrogens with two attached hydrogens (primary N) is 3. The predicted molar refractivity (Wildman–Crippen MR) is 126 cm³/mol. The van der Waals surface area contributed by atoms with Crippen LogP contribution >= 0.6 is 11.8 Å². The van der Waals surface area contributed by atoms with Crippen molar-refractivity contribution in [2.45, 2.75) is 70.1 Å². The van der Waals surface area contributed by atoms with Crippen molar-refractivity contribution in [3.05, 3.63) is 0 Å². The van der Waals surface area contributed by atoms with E-state index in [4.69, 9.17) is 17.2 Å². The average molecular weight is 491 g/mol. The molecule has 0 heterocycles. The number of nitrogens with one attached hydrogen (secondary N) is 3. The third-order valence-electron chi connectivity index (χ3n) is 4.86. The van der Waals surface area contributed by atoms with E-state index in [1.807, 2.05) is 6.26 Å². The molecular formula is C20H38N6O6S. The van der Waals surface area contributed by atoms with Gasteiger partial charge < -0.3 is 38.3 Å². The van der Waals surface area contributed by atoms with E-state index in [1.165, 1.54) is 11.8 Å². The Morgan fingerprint density at radius 1 is 0.879 bits per heavy atom. The van der Waals surface area contributed by atoms with E-state index in [0.29, 0.717) is 25.1 Å². The zero-order valence-electron chi connectivity index (χ0n) is 19.5. The Hall–Kier alpha value is -2.38. The Morgan fingerprint density at radius 3 is 1.91 bits per heavy atom. The number of unbranched alkanes of at least 4 members (excludes halogenated alkanes) is 1. The van der Waals surface area contributed by atoms with Gasteiger partial charge in [0.1, 0.15) is 18.1 Å². The first-order valence-electron chi connectivity index (χ1n) is 10.8. The second-order valence-electron chi connectivity index (χ2n) is 8.03. The van der Waals surface area contributed by atoms with E-state index in [2.05, 4.69) is 16.0 Å². The molecular weight excluding hydrogens is 452 g/mol. The van der Waals surface area contributed by atoms with Gasteiger partial charge in [-0.25, -0.2) is 4.79 Å². The van der Waals surface area contributed by atoms with Gasteiger partial charge in [-0.15, -0.1) is 0 Å². The quantitative estimate of drug-likeness (QED) is 0.115. The number of carboxylic acid groups (broad SMARTS) is 1. The van der Waals surface area contributed by atoms with Crippen LogP contribution in [0, 0.1) is 5.92 Å². The van der Waals surface area contributed by atoms with Crippen molar-refractivity contribution in [1.82, 2.24) is 16.0 Å². The average Bonchev–Trinajstić information content (AvgIpc) is 2.73. The Bertz CT molecular complexity index is 677. The molecule has 0 aliphatic rings. The maximum Gasteiger partial charge on any atom is 0.326 e. The largest absolute Gasteiger partial charge is 0.480 e. The van der Waals surface area contributed by atoms with Crippen LogP contribution in [0.5, 0.6) is 0 Å². The summed E-state index contributed by atoms with van der Waals surface area (Å²) in [5, 5.41) is 16.7. The zero-order valence-corrected chi connectivity index (χ0v) is 20.3. The van der Waals surface area contributed by atoms with Gasteiger partial charge in [-0.3, -0.25) is 19.2 Å². The molecule has 0 radical (unpaired) electrons. The summed E-state index contributed by atoms with van der Waals surface area (Å²) in [7, 11) is 0. The molecule has 0 aliphatic heterocycles. The van der Waals surface area contributed by atoms with Gasteiger partial charge in [0.05, 0.1) is 12.5 Å². The first kappa shape index (κ1) is 30.6. The van der Waals surface area contributed by atoms with Crippen molar-refractivity contribution in [2.24, 2.45) is 23.1 Å². The normalized spacial score (nSPS) is 14.6. The summed E-state index contributed by atoms with van der Waals surface area (Å²) in [5.74, 6) is -3.85. The fourth-order valence-electron chi connectivity index (χ4n) is 2.78. The molecule has 4 unspecified atom stereocenters. The molecule has 13 heteroatoms. The van der Waals surface area contributed by atoms with Gasteiger partial charge >= 0.3 is 5.97 Å². The van der Waals surface area contributed by atoms with E-state index < -0.39 is 60.2 Å². The highest BCUT2D eigenvalue weighted by atomic mass is 32.2. The maximum absolute atomic E-state index is 12.8. The van der Waals surface area contributed by atoms with Crippen molar-refractivity contribution >= 4 is 41.4 Å². The van der Waals surface area contributed by atoms with Crippen LogP contribution in [0.25, 0.3) is 0 Å². The minimum atomic E-state index is -1.34. The van der Waals surface area contributed by atoms with E-state index in [-0.39, 0.29) is 18.8 Å². The standard InChI is InChI=1S/C20H38N6O6S/c1-11(2)16(23)19(30)26-14(10-15(22)27)18(29)24-12(6-4-5-8-21)17(28)25-13(20(31)32)7-9-33-3/h11-14,16H,4-10,21,23H2,1-3H3,(H2,22,27)(H,24,29)(H,25,28)(H,26,30)(H,31,32). The summed E-state index contributed by atoms with van der Waals surface area (Å²) in [6, 6.07) is -4.46. The summed E-state index contributed by atoms with van der Waals surface area (Å²) in [4.78, 5) is 60.9. The van der Waals surface area contributed by atoms with E-state index in [0.717, 1.165) is 0 Å². The fraction of sp³-hybridized carbons (Fsp3) is 0.750. The van der Waals surface area contributed by atoms with Crippen molar-refractivity contribution in [2.75, 3.05) is 18.6 Å². The topological polar surface area (TPSA) is 220 Å². The molecule has 0 spiro atoms. The number of hydrogen-bond donors (Lipinski definition) is 7. The third kappa shape index (κ3) is 12.4. The lowest BCUT2D eigenvalue weighted by molar-refractivity contribution is -0.142. The van der Waals surface area contributed by atoms with Crippen LogP contribution in [0.4, 0.5) is 0 Å². The number of carboxylic acids is 1. The van der Waals surface area contributed by atoms with Gasteiger partial charge in [0, 0.05) is 0 Å². The van der Waals surface area contributed by atoms with Crippen molar-refractivity contribution in [1.29, 1.82) is 0 Å². The van der Waals surface area contributed by atoms with Crippen molar-refractivity contribution < 1.29 is 29.1 Å². The fourth-order valence-corrected chi connectivity index (χ4v) is 3.25. The first-order valence-corrected chi connectivity index (χ1v) is 12.2. The smallest absolute Gasteiger partial charge is 0.326 e. The van der Waals surface area contributed by atoms with Crippen LogP contribution in [0.1, 0.15) is 46.0 Å². The van der Waals surface area contributed by atoms with Gasteiger partial charge in [-0.05, 0) is 50.2 Å². The Kier molecular flexibility index (Phi) is 15.1. The van der Waals surface area contributed by atoms with Crippen molar-refractivity contribution in [3.63, 3.8) is 0 Å². The lowest BCUT2D eigenvalue weighted by Gasteiger charge is -2.25. The van der Waals surface area contributed by atoms with E-state index >= 15 is 0 Å². The predicted octanol–water partition coefficient (Wildman–Crippen LogP) is -1.73. The molecule has 0 fully saturated rings. The molecule has 0 aliphatic carbocycles. The lowest BCUT2D eigenvalue weighted by Crippen LogP contribution is -2.58. The molecule has 12 nitrogen and oxygen atoms in total. The van der Waals surface area contributed by atoms with Gasteiger partial charge in [0.25, 0.3) is 0 Å². The van der Waals surface area contributed by atoms with E-state index in [1.54, 1.807) is 13.8 Å². The summed E-state index contributed by atoms with van der Waals surface area (Å²) in [5.41, 5.74) is 16.5. The number of hydrogen-bond acceptors (Lipinski definition) is 8. The minimum Gasteiger partial charge on any atom is -0.480 e. The number of carbonyl (C=O) groups is 5. The highest BCUT2D eigenvalue weighted by molar-refractivity contribution is 7.98. The molecule has 4 amide bonds. The molecule has 33 heavy (non-hydrogen) atoms. The zero-order chi connectivity index (χ0) is 25.6. The van der Waals surface area contributed by atoms with Crippen LogP contribution in [-0.2, 0) is 24.0 Å². The second-order valence-corrected chi connectivity index (χ2v) is 9.01. The lowest BCUT2D eigenvalue weighted by atomic mass is 10.0. The second kappa shape index (κ2) is 16.3. The molecule has 0 aromatic heterocycles. The third-order valence-corrected chi connectivity index (χ3v) is 5.51. The molecule has 0 saturated heterocycles. The number of rotatable bonds is 17. The highest BCUT2D eigenvalue weighted by Gasteiger charge is 2.31.